The fourth-order valence-electron chi connectivity index (χ4n) is 10.3. The lowest BCUT2D eigenvalue weighted by atomic mass is 9.88. The third-order valence-electron chi connectivity index (χ3n) is 14.3. The van der Waals surface area contributed by atoms with E-state index < -0.39 is 119 Å². The second-order valence-corrected chi connectivity index (χ2v) is 22.0. The Kier molecular flexibility index (Phi) is 20.0. The van der Waals surface area contributed by atoms with Gasteiger partial charge in [0.05, 0.1) is 70.1 Å². The van der Waals surface area contributed by atoms with Crippen LogP contribution >= 0.6 is 34.8 Å². The molecule has 406 valence electrons. The van der Waals surface area contributed by atoms with Crippen LogP contribution in [0.1, 0.15) is 70.9 Å². The fourth-order valence-corrected chi connectivity index (χ4v) is 10.5. The van der Waals surface area contributed by atoms with Crippen LogP contribution in [0, 0.1) is 17.2 Å². The van der Waals surface area contributed by atoms with Gasteiger partial charge in [0.15, 0.2) is 18.9 Å². The first-order chi connectivity index (χ1) is 35.6. The first kappa shape index (κ1) is 57.0. The summed E-state index contributed by atoms with van der Waals surface area (Å²) in [5.74, 6) is -1.67. The summed E-state index contributed by atoms with van der Waals surface area (Å²) in [5, 5.41) is 12.6. The van der Waals surface area contributed by atoms with Crippen LogP contribution in [-0.2, 0) is 79.5 Å². The second kappa shape index (κ2) is 26.0. The SMILES string of the molecule is CC[C@]12CO[C@H](OC3C(C)[C@H](O[C@@H]4C(OC)C(OC(C)C)[C@H](COC5C(C)[C@@H](N=[N+]=[N-])C(COCc6ccccc6)O[C@H]5OC(=N)C(Cl)(Cl)Cl)O[C@H]4C)OC[C@@H]3OCc3ccccc3)C1O[C@H](c1ccccc1)O2. The first-order valence-electron chi connectivity index (χ1n) is 25.3. The van der Waals surface area contributed by atoms with Gasteiger partial charge in [0.2, 0.25) is 12.2 Å². The molecule has 5 saturated heterocycles. The Labute approximate surface area is 448 Å². The number of alkyl halides is 3. The molecule has 18 atom stereocenters. The van der Waals surface area contributed by atoms with Crippen molar-refractivity contribution >= 4 is 40.7 Å². The molecule has 74 heavy (non-hydrogen) atoms. The van der Waals surface area contributed by atoms with Crippen LogP contribution in [0.2, 0.25) is 0 Å². The zero-order valence-electron chi connectivity index (χ0n) is 42.7. The fraction of sp³-hybridized carbons (Fsp3) is 0.642. The molecule has 3 aromatic rings. The van der Waals surface area contributed by atoms with Crippen molar-refractivity contribution in [3.63, 3.8) is 0 Å². The highest BCUT2D eigenvalue weighted by Crippen LogP contribution is 2.48. The van der Waals surface area contributed by atoms with Crippen molar-refractivity contribution in [2.45, 2.75) is 169 Å². The van der Waals surface area contributed by atoms with Gasteiger partial charge in [0.25, 0.3) is 3.79 Å². The molecule has 5 fully saturated rings. The summed E-state index contributed by atoms with van der Waals surface area (Å²) < 4.78 is 89.1. The maximum Gasteiger partial charge on any atom is 0.265 e. The number of methoxy groups -OCH3 is 1. The zero-order chi connectivity index (χ0) is 52.6. The van der Waals surface area contributed by atoms with E-state index in [1.54, 1.807) is 7.11 Å². The topological polar surface area (TPSA) is 202 Å². The third-order valence-corrected chi connectivity index (χ3v) is 14.8. The number of azide groups is 1. The number of halogens is 3. The first-order valence-corrected chi connectivity index (χ1v) is 26.4. The summed E-state index contributed by atoms with van der Waals surface area (Å²) in [4.78, 5) is 3.13. The lowest BCUT2D eigenvalue weighted by Gasteiger charge is -2.49. The summed E-state index contributed by atoms with van der Waals surface area (Å²) >= 11 is 18.3. The van der Waals surface area contributed by atoms with E-state index in [-0.39, 0.29) is 32.5 Å². The van der Waals surface area contributed by atoms with Crippen LogP contribution in [0.5, 0.6) is 0 Å². The number of ether oxygens (including phenoxy) is 14. The van der Waals surface area contributed by atoms with Gasteiger partial charge in [0, 0.05) is 23.5 Å². The van der Waals surface area contributed by atoms with E-state index >= 15 is 0 Å². The normalized spacial score (nSPS) is 36.3. The van der Waals surface area contributed by atoms with Crippen LogP contribution in [0.4, 0.5) is 0 Å². The van der Waals surface area contributed by atoms with Crippen LogP contribution in [0.15, 0.2) is 96.1 Å². The van der Waals surface area contributed by atoms with Gasteiger partial charge >= 0.3 is 0 Å². The summed E-state index contributed by atoms with van der Waals surface area (Å²) in [6, 6.07) is 28.6. The van der Waals surface area contributed by atoms with Gasteiger partial charge in [-0.05, 0) is 49.8 Å². The monoisotopic (exact) mass is 1090 g/mol. The number of hydrogen-bond donors (Lipinski definition) is 1. The van der Waals surface area contributed by atoms with E-state index in [1.807, 2.05) is 126 Å². The molecule has 5 heterocycles. The highest BCUT2D eigenvalue weighted by atomic mass is 35.6. The van der Waals surface area contributed by atoms with Crippen molar-refractivity contribution < 1.29 is 66.3 Å². The maximum absolute atomic E-state index is 9.72. The third kappa shape index (κ3) is 13.5. The summed E-state index contributed by atoms with van der Waals surface area (Å²) in [6.45, 7) is 12.6. The van der Waals surface area contributed by atoms with Gasteiger partial charge in [-0.15, -0.1) is 0 Å². The van der Waals surface area contributed by atoms with Gasteiger partial charge in [-0.1, -0.05) is 152 Å². The van der Waals surface area contributed by atoms with E-state index in [1.165, 1.54) is 0 Å². The Hall–Kier alpha value is -3.21. The van der Waals surface area contributed by atoms with Gasteiger partial charge in [0.1, 0.15) is 48.3 Å². The Morgan fingerprint density at radius 3 is 2.07 bits per heavy atom. The summed E-state index contributed by atoms with van der Waals surface area (Å²) in [5.41, 5.74) is 11.9. The standard InChI is InChI=1S/C53H69Cl3N4O14/c1-8-52-29-66-50(46(52)72-48(74-52)36-22-16-11-17-23-36)70-41-32(5)47(65-27-38(41)63-25-35-20-14-10-15-21-35)71-43-33(6)68-39(44(45(43)61-7)67-30(2)3)28-64-42-31(4)40(59-60-58)37(26-62-24-34-18-12-9-13-19-34)69-49(42)73-51(57)53(54,55)56/h9-23,30-33,37-50,57H,8,24-29H2,1-7H3/t31?,32?,33-,37?,38-,39-,40+,41?,42?,43-,44?,45?,46?,47-,48-,49-,50+,52-/m0/s1. The number of fused-ring (bicyclic) bond motifs is 1. The van der Waals surface area contributed by atoms with Crippen molar-refractivity contribution in [2.75, 3.05) is 33.5 Å². The zero-order valence-corrected chi connectivity index (χ0v) is 45.0. The molecule has 0 radical (unpaired) electrons. The molecule has 3 aromatic carbocycles. The molecule has 0 spiro atoms. The highest BCUT2D eigenvalue weighted by Gasteiger charge is 2.60. The maximum atomic E-state index is 9.72. The summed E-state index contributed by atoms with van der Waals surface area (Å²) in [7, 11) is 1.59. The highest BCUT2D eigenvalue weighted by molar-refractivity contribution is 6.76. The molecular weight excluding hydrogens is 1020 g/mol. The minimum atomic E-state index is -2.21. The van der Waals surface area contributed by atoms with Gasteiger partial charge in [-0.3, -0.25) is 5.41 Å². The van der Waals surface area contributed by atoms with E-state index in [2.05, 4.69) is 16.9 Å². The Morgan fingerprint density at radius 2 is 1.43 bits per heavy atom. The van der Waals surface area contributed by atoms with Crippen LogP contribution in [-0.4, -0.2) is 141 Å². The molecule has 5 aliphatic rings. The number of benzene rings is 3. The minimum Gasteiger partial charge on any atom is -0.445 e. The van der Waals surface area contributed by atoms with Crippen molar-refractivity contribution in [1.82, 2.24) is 0 Å². The van der Waals surface area contributed by atoms with Crippen LogP contribution < -0.4 is 0 Å². The Bertz CT molecular complexity index is 2270. The molecule has 21 heteroatoms. The quantitative estimate of drug-likeness (QED) is 0.0264. The molecule has 18 nitrogen and oxygen atoms in total. The minimum absolute atomic E-state index is 0.0195. The number of nitrogens with one attached hydrogen (secondary N) is 1. The molecule has 0 saturated carbocycles. The van der Waals surface area contributed by atoms with Gasteiger partial charge < -0.3 is 66.3 Å². The van der Waals surface area contributed by atoms with Gasteiger partial charge in [-0.2, -0.15) is 0 Å². The van der Waals surface area contributed by atoms with Gasteiger partial charge in [-0.25, -0.2) is 0 Å². The van der Waals surface area contributed by atoms with Crippen molar-refractivity contribution in [1.29, 1.82) is 5.41 Å². The predicted octanol–water partition coefficient (Wildman–Crippen LogP) is 9.56. The number of hydrogen-bond acceptors (Lipinski definition) is 16. The molecule has 0 aromatic heterocycles. The lowest BCUT2D eigenvalue weighted by molar-refractivity contribution is -0.337. The van der Waals surface area contributed by atoms with Crippen LogP contribution in [0.3, 0.4) is 0 Å². The summed E-state index contributed by atoms with van der Waals surface area (Å²) in [6.07, 6.45) is -10.0. The van der Waals surface area contributed by atoms with E-state index in [4.69, 9.17) is 107 Å². The van der Waals surface area contributed by atoms with Crippen LogP contribution in [0.25, 0.3) is 10.4 Å². The molecular formula is C53H69Cl3N4O14. The molecule has 5 aliphatic heterocycles. The van der Waals surface area contributed by atoms with Crippen molar-refractivity contribution in [3.05, 3.63) is 118 Å². The smallest absolute Gasteiger partial charge is 0.265 e. The predicted molar refractivity (Wildman–Crippen MR) is 272 cm³/mol. The molecule has 0 aliphatic carbocycles. The molecule has 0 bridgehead atoms. The number of rotatable bonds is 21. The molecule has 8 unspecified atom stereocenters. The van der Waals surface area contributed by atoms with E-state index in [9.17, 15) is 5.53 Å². The lowest BCUT2D eigenvalue weighted by Crippen LogP contribution is -2.63. The van der Waals surface area contributed by atoms with Crippen molar-refractivity contribution in [2.24, 2.45) is 17.0 Å². The van der Waals surface area contributed by atoms with E-state index in [0.29, 0.717) is 19.6 Å². The van der Waals surface area contributed by atoms with Crippen molar-refractivity contribution in [3.8, 4) is 0 Å². The second-order valence-electron chi connectivity index (χ2n) is 19.7. The molecule has 8 rings (SSSR count). The average molecular weight is 1090 g/mol. The largest absolute Gasteiger partial charge is 0.445 e. The Balaban J connectivity index is 0.983. The Morgan fingerprint density at radius 1 is 0.770 bits per heavy atom. The molecule has 0 amide bonds. The van der Waals surface area contributed by atoms with E-state index in [0.717, 1.165) is 16.7 Å². The average Bonchev–Trinajstić information content (AvgIpc) is 3.94. The number of nitrogens with zero attached hydrogens (tertiary/aromatic N) is 3. The molecule has 1 N–H and O–H groups in total.